The van der Waals surface area contributed by atoms with Gasteiger partial charge in [0.1, 0.15) is 4.90 Å². The van der Waals surface area contributed by atoms with Gasteiger partial charge in [-0.15, -0.1) is 0 Å². The third-order valence-electron chi connectivity index (χ3n) is 4.99. The summed E-state index contributed by atoms with van der Waals surface area (Å²) in [4.78, 5) is 10.8. The zero-order valence-electron chi connectivity index (χ0n) is 18.7. The number of piperidine rings is 1. The van der Waals surface area contributed by atoms with Gasteiger partial charge in [0.15, 0.2) is 17.5 Å². The Morgan fingerprint density at radius 1 is 1.24 bits per heavy atom. The molecule has 4 N–H and O–H groups in total. The zero-order valence-corrected chi connectivity index (χ0v) is 20.2. The molecule has 0 aromatic heterocycles. The summed E-state index contributed by atoms with van der Waals surface area (Å²) in [7, 11) is -2.57. The molecule has 33 heavy (non-hydrogen) atoms. The van der Waals surface area contributed by atoms with Crippen molar-refractivity contribution in [1.29, 1.82) is 5.41 Å². The maximum atomic E-state index is 12.8. The van der Waals surface area contributed by atoms with Crippen LogP contribution in [0, 0.1) is 12.3 Å². The fourth-order valence-corrected chi connectivity index (χ4v) is 4.80. The lowest BCUT2D eigenvalue weighted by atomic mass is 9.88. The molecule has 11 heteroatoms. The van der Waals surface area contributed by atoms with Gasteiger partial charge in [0.2, 0.25) is 0 Å². The Balaban J connectivity index is 0.000000890. The van der Waals surface area contributed by atoms with E-state index in [1.165, 1.54) is 19.2 Å². The van der Waals surface area contributed by atoms with Crippen LogP contribution in [0.2, 0.25) is 5.02 Å². The van der Waals surface area contributed by atoms with Crippen LogP contribution in [0.3, 0.4) is 0 Å². The summed E-state index contributed by atoms with van der Waals surface area (Å²) < 4.78 is 36.5. The molecule has 3 rings (SSSR count). The van der Waals surface area contributed by atoms with Gasteiger partial charge in [0.05, 0.1) is 7.11 Å². The molecule has 2 aromatic carbocycles. The Morgan fingerprint density at radius 2 is 1.85 bits per heavy atom. The number of nitrogens with two attached hydrogens (primary N) is 1. The Kier molecular flexibility index (Phi) is 8.95. The molecule has 0 radical (unpaired) electrons. The van der Waals surface area contributed by atoms with Crippen molar-refractivity contribution in [1.82, 2.24) is 4.90 Å². The van der Waals surface area contributed by atoms with Gasteiger partial charge in [-0.1, -0.05) is 23.7 Å². The summed E-state index contributed by atoms with van der Waals surface area (Å²) in [5.74, 6) is -0.0630. The summed E-state index contributed by atoms with van der Waals surface area (Å²) in [6, 6.07) is 9.57. The number of aryl methyl sites for hydroxylation is 1. The number of hydrogen-bond acceptors (Lipinski definition) is 6. The number of halogens is 1. The molecule has 0 amide bonds. The molecule has 9 nitrogen and oxygen atoms in total. The Labute approximate surface area is 198 Å². The molecule has 0 saturated carbocycles. The molecule has 180 valence electrons. The van der Waals surface area contributed by atoms with Gasteiger partial charge in [-0.05, 0) is 55.5 Å². The monoisotopic (exact) mass is 497 g/mol. The fraction of sp³-hybridized carbons (Fsp3) is 0.364. The molecule has 0 spiro atoms. The Morgan fingerprint density at radius 3 is 2.36 bits per heavy atom. The van der Waals surface area contributed by atoms with Crippen LogP contribution in [0.4, 0.5) is 0 Å². The largest absolute Gasteiger partial charge is 0.492 e. The van der Waals surface area contributed by atoms with Gasteiger partial charge in [0.25, 0.3) is 5.97 Å². The van der Waals surface area contributed by atoms with Gasteiger partial charge in [-0.2, -0.15) is 8.42 Å². The molecule has 1 heterocycles. The smallest absolute Gasteiger partial charge is 0.339 e. The Bertz CT molecular complexity index is 1110. The highest BCUT2D eigenvalue weighted by molar-refractivity contribution is 7.87. The van der Waals surface area contributed by atoms with E-state index in [1.807, 2.05) is 17.9 Å². The number of ether oxygens (including phenoxy) is 1. The van der Waals surface area contributed by atoms with Crippen molar-refractivity contribution >= 4 is 33.6 Å². The number of aliphatic carboxylic acids is 1. The van der Waals surface area contributed by atoms with E-state index in [2.05, 4.69) is 0 Å². The van der Waals surface area contributed by atoms with Gasteiger partial charge in [0, 0.05) is 30.6 Å². The topological polar surface area (TPSA) is 143 Å². The summed E-state index contributed by atoms with van der Waals surface area (Å²) in [5, 5.41) is 15.3. The predicted octanol–water partition coefficient (Wildman–Crippen LogP) is 3.59. The molecule has 0 aliphatic carbocycles. The number of nitrogens with zero attached hydrogens (tertiary/aromatic N) is 1. The molecule has 0 unspecified atom stereocenters. The second-order valence-corrected chi connectivity index (χ2v) is 9.53. The van der Waals surface area contributed by atoms with Crippen LogP contribution in [0.15, 0.2) is 41.3 Å². The number of benzene rings is 2. The molecule has 1 saturated heterocycles. The van der Waals surface area contributed by atoms with Crippen LogP contribution in [-0.2, 0) is 14.9 Å². The highest BCUT2D eigenvalue weighted by atomic mass is 35.5. The zero-order chi connectivity index (χ0) is 24.8. The minimum absolute atomic E-state index is 0.0233. The quantitative estimate of drug-likeness (QED) is 0.323. The minimum Gasteiger partial charge on any atom is -0.492 e. The summed E-state index contributed by atoms with van der Waals surface area (Å²) in [6.45, 7) is 4.29. The molecule has 1 aliphatic rings. The number of guanidine groups is 1. The van der Waals surface area contributed by atoms with Gasteiger partial charge < -0.3 is 24.7 Å². The first-order valence-corrected chi connectivity index (χ1v) is 11.9. The maximum absolute atomic E-state index is 12.8. The number of likely N-dealkylation sites (tertiary alicyclic amines) is 1. The number of nitrogens with one attached hydrogen (secondary N) is 1. The number of methoxy groups -OCH3 is 1. The number of rotatable bonds is 5. The van der Waals surface area contributed by atoms with E-state index in [-0.39, 0.29) is 22.5 Å². The van der Waals surface area contributed by atoms with E-state index in [1.54, 1.807) is 18.2 Å². The first-order valence-electron chi connectivity index (χ1n) is 10.1. The van der Waals surface area contributed by atoms with Crippen molar-refractivity contribution in [2.75, 3.05) is 20.2 Å². The number of hydrogen-bond donors (Lipinski definition) is 3. The fourth-order valence-electron chi connectivity index (χ4n) is 3.57. The second kappa shape index (κ2) is 11.2. The predicted molar refractivity (Wildman–Crippen MR) is 126 cm³/mol. The highest BCUT2D eigenvalue weighted by Gasteiger charge is 2.27. The lowest BCUT2D eigenvalue weighted by Crippen LogP contribution is -2.41. The van der Waals surface area contributed by atoms with Crippen LogP contribution in [-0.4, -0.2) is 50.6 Å². The van der Waals surface area contributed by atoms with Crippen molar-refractivity contribution in [2.45, 2.75) is 37.5 Å². The first-order chi connectivity index (χ1) is 15.4. The Hall–Kier alpha value is -2.98. The molecule has 0 bridgehead atoms. The van der Waals surface area contributed by atoms with E-state index in [0.717, 1.165) is 30.9 Å². The third-order valence-corrected chi connectivity index (χ3v) is 6.46. The van der Waals surface area contributed by atoms with Crippen LogP contribution in [0.5, 0.6) is 11.5 Å². The van der Waals surface area contributed by atoms with E-state index in [9.17, 15) is 8.42 Å². The van der Waals surface area contributed by atoms with Crippen molar-refractivity contribution in [3.8, 4) is 11.5 Å². The van der Waals surface area contributed by atoms with Crippen LogP contribution < -0.4 is 14.7 Å². The minimum atomic E-state index is -4.07. The summed E-state index contributed by atoms with van der Waals surface area (Å²) in [6.07, 6.45) is 1.56. The van der Waals surface area contributed by atoms with Crippen molar-refractivity contribution in [3.05, 3.63) is 52.5 Å². The number of carboxylic acids is 1. The van der Waals surface area contributed by atoms with Crippen molar-refractivity contribution in [2.24, 2.45) is 5.73 Å². The lowest BCUT2D eigenvalue weighted by Gasteiger charge is -2.33. The van der Waals surface area contributed by atoms with E-state index >= 15 is 0 Å². The second-order valence-electron chi connectivity index (χ2n) is 7.55. The molecule has 1 aliphatic heterocycles. The molecular formula is C22H28ClN3O6S. The standard InChI is InChI=1S/C20H24ClN3O4S.C2H4O2/c1-13-10-17(14-6-8-24(9-7-14)20(22)23)19(27-2)18(11-13)28-29(25,26)16-5-3-4-15(21)12-16;1-2(3)4/h3-5,10-12,14H,6-9H2,1-2H3,(H3,22,23);1H3,(H,3,4). The van der Waals surface area contributed by atoms with E-state index in [4.69, 9.17) is 41.6 Å². The molecule has 0 atom stereocenters. The lowest BCUT2D eigenvalue weighted by molar-refractivity contribution is -0.134. The number of carboxylic acid groups (broad SMARTS) is 1. The SMILES string of the molecule is CC(=O)O.COc1c(OS(=O)(=O)c2cccc(Cl)c2)cc(C)cc1C1CCN(C(=N)N)CC1. The van der Waals surface area contributed by atoms with Gasteiger partial charge in [-0.25, -0.2) is 0 Å². The van der Waals surface area contributed by atoms with Crippen LogP contribution in [0.25, 0.3) is 0 Å². The average molecular weight is 498 g/mol. The van der Waals surface area contributed by atoms with E-state index in [0.29, 0.717) is 23.9 Å². The molecular weight excluding hydrogens is 470 g/mol. The van der Waals surface area contributed by atoms with Gasteiger partial charge >= 0.3 is 10.1 Å². The molecule has 1 fully saturated rings. The summed E-state index contributed by atoms with van der Waals surface area (Å²) >= 11 is 5.93. The first kappa shape index (κ1) is 26.3. The van der Waals surface area contributed by atoms with Crippen LogP contribution in [0.1, 0.15) is 36.8 Å². The van der Waals surface area contributed by atoms with Gasteiger partial charge in [-0.3, -0.25) is 10.2 Å². The average Bonchev–Trinajstić information content (AvgIpc) is 2.73. The van der Waals surface area contributed by atoms with Crippen molar-refractivity contribution < 1.29 is 27.2 Å². The third kappa shape index (κ3) is 7.26. The summed E-state index contributed by atoms with van der Waals surface area (Å²) in [5.41, 5.74) is 7.34. The number of carbonyl (C=O) groups is 1. The highest BCUT2D eigenvalue weighted by Crippen LogP contribution is 2.41. The van der Waals surface area contributed by atoms with Crippen LogP contribution >= 0.6 is 11.6 Å². The van der Waals surface area contributed by atoms with Crippen molar-refractivity contribution in [3.63, 3.8) is 0 Å². The molecule has 2 aromatic rings. The van der Waals surface area contributed by atoms with E-state index < -0.39 is 16.1 Å². The normalized spacial score (nSPS) is 14.1. The maximum Gasteiger partial charge on any atom is 0.339 e.